The Morgan fingerprint density at radius 1 is 0.312 bits per heavy atom. The van der Waals surface area contributed by atoms with Crippen molar-refractivity contribution >= 4 is 49.3 Å². The number of hydrogen-bond acceptors (Lipinski definition) is 5. The van der Waals surface area contributed by atoms with E-state index in [-0.39, 0.29) is 0 Å². The van der Waals surface area contributed by atoms with Crippen LogP contribution in [0.1, 0.15) is 11.1 Å². The van der Waals surface area contributed by atoms with Crippen molar-refractivity contribution in [2.45, 2.75) is 0 Å². The van der Waals surface area contributed by atoms with Gasteiger partial charge in [0, 0.05) is 38.2 Å². The van der Waals surface area contributed by atoms with Gasteiger partial charge < -0.3 is 9.13 Å². The molecule has 0 fully saturated rings. The third-order valence-corrected chi connectivity index (χ3v) is 15.1. The lowest BCUT2D eigenvalue weighted by Gasteiger charge is -2.17. The minimum Gasteiger partial charge on any atom is -0.308 e. The van der Waals surface area contributed by atoms with Crippen LogP contribution in [0.4, 0.5) is 5.69 Å². The lowest BCUT2D eigenvalue weighted by molar-refractivity contribution is 1.06. The second-order valence-electron chi connectivity index (χ2n) is 19.7. The van der Waals surface area contributed by atoms with Crippen LogP contribution < -0.4 is 0 Å². The average Bonchev–Trinajstić information content (AvgIpc) is 4.08. The number of nitrogens with zero attached hydrogens (tertiary/aromatic N) is 8. The van der Waals surface area contributed by atoms with Crippen molar-refractivity contribution < 1.29 is 0 Å². The lowest BCUT2D eigenvalue weighted by atomic mass is 10.0. The van der Waals surface area contributed by atoms with E-state index in [4.69, 9.17) is 21.5 Å². The second kappa shape index (κ2) is 19.6. The Kier molecular flexibility index (Phi) is 11.5. The molecule has 0 saturated carbocycles. The molecule has 0 saturated heterocycles. The maximum Gasteiger partial charge on any atom is 0.187 e. The summed E-state index contributed by atoms with van der Waals surface area (Å²) in [5.41, 5.74) is 17.3. The van der Waals surface area contributed by atoms with E-state index in [1.807, 2.05) is 72.8 Å². The molecule has 0 aliphatic rings. The first-order valence-corrected chi connectivity index (χ1v) is 26.2. The molecule has 3 aromatic heterocycles. The zero-order chi connectivity index (χ0) is 53.7. The fourth-order valence-electron chi connectivity index (χ4n) is 11.2. The monoisotopic (exact) mass is 1020 g/mol. The third kappa shape index (κ3) is 8.20. The van der Waals surface area contributed by atoms with Crippen LogP contribution >= 0.6 is 0 Å². The van der Waals surface area contributed by atoms with Crippen molar-refractivity contribution in [2.75, 3.05) is 0 Å². The summed E-state index contributed by atoms with van der Waals surface area (Å²) in [6, 6.07) is 91.3. The number of fused-ring (bicyclic) bond motifs is 6. The summed E-state index contributed by atoms with van der Waals surface area (Å²) in [6.45, 7) is 7.75. The Bertz CT molecular complexity index is 4410. The molecule has 80 heavy (non-hydrogen) atoms. The maximum absolute atomic E-state index is 10.6. The van der Waals surface area contributed by atoms with Crippen LogP contribution in [0.5, 0.6) is 0 Å². The van der Waals surface area contributed by atoms with Crippen LogP contribution in [0.25, 0.3) is 139 Å². The third-order valence-electron chi connectivity index (χ3n) is 15.1. The molecule has 0 aliphatic carbocycles. The molecule has 0 amide bonds. The molecule has 14 aromatic rings. The van der Waals surface area contributed by atoms with Gasteiger partial charge in [-0.1, -0.05) is 170 Å². The van der Waals surface area contributed by atoms with Gasteiger partial charge in [0.15, 0.2) is 23.2 Å². The highest BCUT2D eigenvalue weighted by molar-refractivity contribution is 6.13. The molecule has 0 N–H and O–H groups in total. The standard InChI is InChI=1S/C72H42N8/c1-75-57-30-24-52(25-31-57)70-76-71(62-38-46(44-73)22-32-68(62)79-64-34-26-53(48-14-6-2-7-15-48)40-58(64)59-41-54(27-35-65(59)79)49-16-8-3-9-17-49)78-72(77-70)63-39-47(45-74)23-33-69(63)80-66-36-28-55(50-18-10-4-11-19-50)42-60(66)61-43-56(29-37-67(61)80)51-20-12-5-13-21-51/h2-43H. The van der Waals surface area contributed by atoms with Gasteiger partial charge in [-0.2, -0.15) is 10.5 Å². The van der Waals surface area contributed by atoms with Crippen LogP contribution in [0.15, 0.2) is 255 Å². The zero-order valence-electron chi connectivity index (χ0n) is 42.8. The van der Waals surface area contributed by atoms with Crippen molar-refractivity contribution in [3.8, 4) is 102 Å². The van der Waals surface area contributed by atoms with Crippen molar-refractivity contribution in [3.05, 3.63) is 277 Å². The van der Waals surface area contributed by atoms with E-state index in [0.29, 0.717) is 51.0 Å². The van der Waals surface area contributed by atoms with Crippen LogP contribution in [0.3, 0.4) is 0 Å². The Balaban J connectivity index is 1.03. The molecule has 3 heterocycles. The Morgan fingerprint density at radius 2 is 0.625 bits per heavy atom. The Labute approximate surface area is 461 Å². The molecule has 0 aliphatic heterocycles. The van der Waals surface area contributed by atoms with Crippen LogP contribution in [-0.4, -0.2) is 24.1 Å². The number of aromatic nitrogens is 5. The molecule has 0 atom stereocenters. The second-order valence-corrected chi connectivity index (χ2v) is 19.7. The largest absolute Gasteiger partial charge is 0.308 e. The maximum atomic E-state index is 10.6. The SMILES string of the molecule is [C-]#[N+]c1ccc(-c2nc(-c3cc(C#N)ccc3-n3c4ccc(-c5ccccc5)cc4c4cc(-c5ccccc5)ccc43)nc(-c3cc(C#N)ccc3-n3c4ccc(-c5ccccc5)cc4c4cc(-c5ccccc5)ccc43)n2)cc1. The smallest absolute Gasteiger partial charge is 0.187 e. The highest BCUT2D eigenvalue weighted by Crippen LogP contribution is 2.43. The van der Waals surface area contributed by atoms with E-state index in [1.54, 1.807) is 12.1 Å². The molecule has 0 radical (unpaired) electrons. The zero-order valence-corrected chi connectivity index (χ0v) is 42.8. The van der Waals surface area contributed by atoms with Crippen molar-refractivity contribution in [1.29, 1.82) is 10.5 Å². The van der Waals surface area contributed by atoms with Crippen molar-refractivity contribution in [3.63, 3.8) is 0 Å². The van der Waals surface area contributed by atoms with E-state index in [1.165, 1.54) is 0 Å². The van der Waals surface area contributed by atoms with E-state index < -0.39 is 0 Å². The average molecular weight is 1020 g/mol. The summed E-state index contributed by atoms with van der Waals surface area (Å²) in [4.78, 5) is 19.7. The molecule has 0 spiro atoms. The number of rotatable bonds is 9. The topological polar surface area (TPSA) is 100 Å². The fraction of sp³-hybridized carbons (Fsp3) is 0. The minimum atomic E-state index is 0.318. The highest BCUT2D eigenvalue weighted by atomic mass is 15.1. The molecule has 0 bridgehead atoms. The van der Waals surface area contributed by atoms with E-state index >= 15 is 0 Å². The van der Waals surface area contributed by atoms with Gasteiger partial charge in [-0.25, -0.2) is 19.8 Å². The van der Waals surface area contributed by atoms with Gasteiger partial charge in [0.2, 0.25) is 0 Å². The van der Waals surface area contributed by atoms with Gasteiger partial charge in [0.05, 0.1) is 63.3 Å². The fourth-order valence-corrected chi connectivity index (χ4v) is 11.2. The quantitative estimate of drug-likeness (QED) is 0.134. The molecule has 8 nitrogen and oxygen atoms in total. The van der Waals surface area contributed by atoms with Crippen molar-refractivity contribution in [2.24, 2.45) is 0 Å². The number of benzene rings is 11. The molecule has 11 aromatic carbocycles. The Hall–Kier alpha value is -11.5. The summed E-state index contributed by atoms with van der Waals surface area (Å²) < 4.78 is 4.48. The van der Waals surface area contributed by atoms with Gasteiger partial charge in [0.1, 0.15) is 0 Å². The summed E-state index contributed by atoms with van der Waals surface area (Å²) >= 11 is 0. The minimum absolute atomic E-state index is 0.318. The molecule has 0 unspecified atom stereocenters. The molecular formula is C72H42N8. The first kappa shape index (κ1) is 47.0. The predicted octanol–water partition coefficient (Wildman–Crippen LogP) is 18.0. The highest BCUT2D eigenvalue weighted by Gasteiger charge is 2.24. The summed E-state index contributed by atoms with van der Waals surface area (Å²) in [5, 5.41) is 25.5. The van der Waals surface area contributed by atoms with E-state index in [9.17, 15) is 10.5 Å². The van der Waals surface area contributed by atoms with Gasteiger partial charge in [0.25, 0.3) is 0 Å². The predicted molar refractivity (Wildman–Crippen MR) is 322 cm³/mol. The lowest BCUT2D eigenvalue weighted by Crippen LogP contribution is -2.06. The molecule has 8 heteroatoms. The summed E-state index contributed by atoms with van der Waals surface area (Å²) in [7, 11) is 0. The molecular weight excluding hydrogens is 977 g/mol. The number of hydrogen-bond donors (Lipinski definition) is 0. The van der Waals surface area contributed by atoms with Gasteiger partial charge in [-0.15, -0.1) is 0 Å². The van der Waals surface area contributed by atoms with Crippen molar-refractivity contribution in [1.82, 2.24) is 24.1 Å². The first-order valence-electron chi connectivity index (χ1n) is 26.2. The summed E-state index contributed by atoms with van der Waals surface area (Å²) in [6.07, 6.45) is 0. The summed E-state index contributed by atoms with van der Waals surface area (Å²) in [5.74, 6) is 0.991. The number of nitriles is 2. The van der Waals surface area contributed by atoms with E-state index in [0.717, 1.165) is 99.5 Å². The van der Waals surface area contributed by atoms with Crippen LogP contribution in [0.2, 0.25) is 0 Å². The van der Waals surface area contributed by atoms with Crippen LogP contribution in [0, 0.1) is 29.2 Å². The van der Waals surface area contributed by atoms with Gasteiger partial charge in [-0.05, 0) is 129 Å². The molecule has 14 rings (SSSR count). The van der Waals surface area contributed by atoms with Crippen LogP contribution in [-0.2, 0) is 0 Å². The normalized spacial score (nSPS) is 11.2. The Morgan fingerprint density at radius 3 is 0.938 bits per heavy atom. The van der Waals surface area contributed by atoms with Gasteiger partial charge >= 0.3 is 0 Å². The van der Waals surface area contributed by atoms with Gasteiger partial charge in [-0.3, -0.25) is 0 Å². The first-order chi connectivity index (χ1) is 39.5. The van der Waals surface area contributed by atoms with E-state index in [2.05, 4.69) is 196 Å². The molecule has 370 valence electrons.